The second-order valence-electron chi connectivity index (χ2n) is 14.9. The molecule has 0 radical (unpaired) electrons. The molecule has 17 nitrogen and oxygen atoms in total. The van der Waals surface area contributed by atoms with E-state index in [0.717, 1.165) is 13.8 Å². The zero-order chi connectivity index (χ0) is 52.6. The Balaban J connectivity index is 2.28. The van der Waals surface area contributed by atoms with Crippen molar-refractivity contribution in [2.45, 2.75) is 137 Å². The summed E-state index contributed by atoms with van der Waals surface area (Å²) in [7, 11) is 0. The monoisotopic (exact) mass is 1040 g/mol. The Labute approximate surface area is 365 Å². The van der Waals surface area contributed by atoms with Gasteiger partial charge in [-0.25, -0.2) is 28.8 Å². The van der Waals surface area contributed by atoms with Gasteiger partial charge in [0.2, 0.25) is 5.60 Å². The summed E-state index contributed by atoms with van der Waals surface area (Å²) in [5.41, 5.74) is -7.36. The van der Waals surface area contributed by atoms with E-state index in [1.54, 1.807) is 0 Å². The van der Waals surface area contributed by atoms with Gasteiger partial charge in [0, 0.05) is 0 Å². The summed E-state index contributed by atoms with van der Waals surface area (Å²) in [6.45, 7) is 0.274. The molecule has 0 aromatic carbocycles. The smallest absolute Gasteiger partial charge is 0.455 e. The summed E-state index contributed by atoms with van der Waals surface area (Å²) >= 11 is 0. The molecule has 2 unspecified atom stereocenters. The van der Waals surface area contributed by atoms with E-state index < -0.39 is 159 Å². The van der Waals surface area contributed by atoms with Crippen molar-refractivity contribution in [2.24, 2.45) is 0 Å². The first-order valence-electron chi connectivity index (χ1n) is 18.0. The molecule has 0 saturated carbocycles. The first-order valence-corrected chi connectivity index (χ1v) is 18.0. The normalized spacial score (nSPS) is 29.7. The molecular weight excluding hydrogens is 1010 g/mol. The molecule has 3 fully saturated rings. The minimum Gasteiger partial charge on any atom is -0.455 e. The zero-order valence-corrected chi connectivity index (χ0v) is 33.7. The van der Waals surface area contributed by atoms with E-state index in [1.807, 2.05) is 0 Å². The van der Waals surface area contributed by atoms with E-state index in [9.17, 15) is 108 Å². The first kappa shape index (κ1) is 57.4. The van der Waals surface area contributed by atoms with Crippen molar-refractivity contribution >= 4 is 35.8 Å². The van der Waals surface area contributed by atoms with Crippen LogP contribution in [-0.2, 0) is 80.9 Å². The van der Waals surface area contributed by atoms with Crippen LogP contribution in [0.3, 0.4) is 0 Å². The van der Waals surface area contributed by atoms with Gasteiger partial charge in [0.25, 0.3) is 0 Å². The number of carbonyl (C=O) groups excluding carboxylic acids is 6. The van der Waals surface area contributed by atoms with Gasteiger partial charge in [-0.05, 0) is 33.6 Å². The van der Waals surface area contributed by atoms with E-state index in [4.69, 9.17) is 23.7 Å². The number of hydrogen-bond donors (Lipinski definition) is 0. The molecule has 3 rings (SSSR count). The maximum Gasteiger partial charge on any atom is 0.490 e. The fourth-order valence-electron chi connectivity index (χ4n) is 6.02. The molecule has 3 heterocycles. The van der Waals surface area contributed by atoms with Crippen molar-refractivity contribution in [3.8, 4) is 0 Å². The SMILES string of the molecule is C=C[C@]1(C)CCC(C(C)(C)O[C@@H]2O[C@H](CO[C@@H]3OCC(COC(=O)C(F)(F)F)(OC(=O)C(F)(F)F)[C@H]3OC(=O)C(F)(F)F)[C@@H](OC(=O)C(F)(F)F)[C@H](OC(=O)C(F)(F)F)[C@H]2OC(=O)C(F)(F)F)O1. The molecule has 390 valence electrons. The molecule has 0 aromatic rings. The summed E-state index contributed by atoms with van der Waals surface area (Å²) in [6, 6.07) is 0. The fraction of sp³-hybridized carbons (Fsp3) is 0.758. The first-order chi connectivity index (χ1) is 30.5. The molecule has 0 aromatic heterocycles. The second kappa shape index (κ2) is 19.8. The standard InChI is InChI=1S/C33H30F18O17/c1-5-26(4)7-6-12(66-26)25(2,3)67-17-15(64-22(55)31(43,44)45)14(63-21(54)30(40,41)42)13(62-20(53)29(37,38)39)11(61-17)8-58-18-16(65-23(56)32(46,47)48)27(9-59-18,68-24(57)33(49,50)51)10-60-19(52)28(34,35)36/h5,11-18H,1,6-10H2,2-4H3/t11-,12?,13-,14+,15-,16+,17+,18-,26-,27?/m1/s1. The fourth-order valence-corrected chi connectivity index (χ4v) is 6.02. The Morgan fingerprint density at radius 1 is 0.618 bits per heavy atom. The van der Waals surface area contributed by atoms with E-state index in [1.165, 1.54) is 13.0 Å². The average Bonchev–Trinajstić information content (AvgIpc) is 3.73. The highest BCUT2D eigenvalue weighted by Crippen LogP contribution is 2.42. The molecule has 3 saturated heterocycles. The highest BCUT2D eigenvalue weighted by molar-refractivity contribution is 5.79. The highest BCUT2D eigenvalue weighted by Gasteiger charge is 2.64. The third kappa shape index (κ3) is 14.3. The maximum absolute atomic E-state index is 13.6. The predicted molar refractivity (Wildman–Crippen MR) is 168 cm³/mol. The van der Waals surface area contributed by atoms with Crippen LogP contribution in [0.1, 0.15) is 33.6 Å². The summed E-state index contributed by atoms with van der Waals surface area (Å²) in [4.78, 5) is 71.9. The van der Waals surface area contributed by atoms with Crippen LogP contribution in [0.5, 0.6) is 0 Å². The van der Waals surface area contributed by atoms with Gasteiger partial charge in [-0.3, -0.25) is 0 Å². The third-order valence-corrected chi connectivity index (χ3v) is 9.31. The average molecular weight is 1040 g/mol. The van der Waals surface area contributed by atoms with Crippen molar-refractivity contribution in [3.05, 3.63) is 12.7 Å². The number of carbonyl (C=O) groups is 6. The van der Waals surface area contributed by atoms with Gasteiger partial charge in [0.1, 0.15) is 12.7 Å². The van der Waals surface area contributed by atoms with Crippen molar-refractivity contribution in [3.63, 3.8) is 0 Å². The summed E-state index contributed by atoms with van der Waals surface area (Å²) in [5.74, 6) is -21.0. The van der Waals surface area contributed by atoms with Crippen molar-refractivity contribution < 1.29 is 160 Å². The lowest BCUT2D eigenvalue weighted by Gasteiger charge is -2.47. The number of esters is 6. The zero-order valence-electron chi connectivity index (χ0n) is 33.7. The van der Waals surface area contributed by atoms with Gasteiger partial charge in [0.05, 0.1) is 30.5 Å². The number of ether oxygens (including phenoxy) is 11. The topological polar surface area (TPSA) is 204 Å². The Kier molecular flexibility index (Phi) is 16.8. The van der Waals surface area contributed by atoms with Crippen LogP contribution in [0, 0.1) is 0 Å². The molecule has 0 aliphatic carbocycles. The lowest BCUT2D eigenvalue weighted by molar-refractivity contribution is -0.348. The Morgan fingerprint density at radius 3 is 1.50 bits per heavy atom. The minimum atomic E-state index is -6.29. The second-order valence-corrected chi connectivity index (χ2v) is 14.9. The molecule has 3 aliphatic rings. The van der Waals surface area contributed by atoms with Crippen LogP contribution in [0.15, 0.2) is 12.7 Å². The summed E-state index contributed by atoms with van der Waals surface area (Å²) in [6.07, 6.45) is -61.1. The molecule has 35 heteroatoms. The number of rotatable bonds is 14. The molecule has 68 heavy (non-hydrogen) atoms. The molecule has 0 spiro atoms. The Morgan fingerprint density at radius 2 is 1.06 bits per heavy atom. The van der Waals surface area contributed by atoms with Gasteiger partial charge in [-0.2, -0.15) is 79.0 Å². The third-order valence-electron chi connectivity index (χ3n) is 9.31. The molecule has 0 bridgehead atoms. The lowest BCUT2D eigenvalue weighted by atomic mass is 9.95. The summed E-state index contributed by atoms with van der Waals surface area (Å²) < 4.78 is 292. The van der Waals surface area contributed by atoms with E-state index in [0.29, 0.717) is 0 Å². The van der Waals surface area contributed by atoms with Gasteiger partial charge < -0.3 is 52.1 Å². The van der Waals surface area contributed by atoms with Crippen LogP contribution < -0.4 is 0 Å². The number of alkyl halides is 18. The van der Waals surface area contributed by atoms with Gasteiger partial charge in [0.15, 0.2) is 37.0 Å². The maximum atomic E-state index is 13.6. The van der Waals surface area contributed by atoms with Gasteiger partial charge >= 0.3 is 72.9 Å². The molecular formula is C33H30F18O17. The minimum absolute atomic E-state index is 0.0698. The largest absolute Gasteiger partial charge is 0.490 e. The van der Waals surface area contributed by atoms with Crippen LogP contribution in [0.4, 0.5) is 79.0 Å². The Bertz CT molecular complexity index is 1890. The van der Waals surface area contributed by atoms with E-state index >= 15 is 0 Å². The van der Waals surface area contributed by atoms with Crippen molar-refractivity contribution in [1.82, 2.24) is 0 Å². The number of hydrogen-bond acceptors (Lipinski definition) is 17. The van der Waals surface area contributed by atoms with Crippen molar-refractivity contribution in [2.75, 3.05) is 19.8 Å². The van der Waals surface area contributed by atoms with Crippen LogP contribution in [0.2, 0.25) is 0 Å². The van der Waals surface area contributed by atoms with Crippen LogP contribution >= 0.6 is 0 Å². The van der Waals surface area contributed by atoms with Crippen molar-refractivity contribution in [1.29, 1.82) is 0 Å². The molecule has 0 amide bonds. The van der Waals surface area contributed by atoms with E-state index in [2.05, 4.69) is 35.0 Å². The molecule has 10 atom stereocenters. The van der Waals surface area contributed by atoms with E-state index in [-0.39, 0.29) is 12.8 Å². The quantitative estimate of drug-likeness (QED) is 0.0988. The molecule has 3 aliphatic heterocycles. The predicted octanol–water partition coefficient (Wildman–Crippen LogP) is 4.85. The van der Waals surface area contributed by atoms with Gasteiger partial charge in [-0.15, -0.1) is 6.58 Å². The summed E-state index contributed by atoms with van der Waals surface area (Å²) in [5, 5.41) is 0. The Hall–Kier alpha value is -4.90. The number of halogens is 18. The van der Waals surface area contributed by atoms with Gasteiger partial charge in [-0.1, -0.05) is 6.08 Å². The van der Waals surface area contributed by atoms with Crippen LogP contribution in [0.25, 0.3) is 0 Å². The molecule has 0 N–H and O–H groups in total. The lowest BCUT2D eigenvalue weighted by Crippen LogP contribution is -2.66. The highest BCUT2D eigenvalue weighted by atomic mass is 19.4. The van der Waals surface area contributed by atoms with Crippen LogP contribution in [-0.4, -0.2) is 159 Å².